The van der Waals surface area contributed by atoms with E-state index in [2.05, 4.69) is 15.2 Å². The number of fused-ring (bicyclic) bond motifs is 2. The van der Waals surface area contributed by atoms with Crippen molar-refractivity contribution in [1.29, 1.82) is 0 Å². The molecule has 0 fully saturated rings. The van der Waals surface area contributed by atoms with E-state index in [1.807, 2.05) is 22.8 Å². The Kier molecular flexibility index (Phi) is 5.41. The second kappa shape index (κ2) is 8.24. The van der Waals surface area contributed by atoms with Crippen LogP contribution in [0.4, 0.5) is 0 Å². The summed E-state index contributed by atoms with van der Waals surface area (Å²) in [5, 5.41) is 18.4. The highest BCUT2D eigenvalue weighted by atomic mass is 35.5. The van der Waals surface area contributed by atoms with Crippen molar-refractivity contribution in [2.24, 2.45) is 5.92 Å². The highest BCUT2D eigenvalue weighted by Crippen LogP contribution is 2.34. The van der Waals surface area contributed by atoms with Gasteiger partial charge in [0.1, 0.15) is 10.9 Å². The Bertz CT molecular complexity index is 1330. The summed E-state index contributed by atoms with van der Waals surface area (Å²) < 4.78 is 7.71. The first-order valence-corrected chi connectivity index (χ1v) is 11.0. The first-order chi connectivity index (χ1) is 15.4. The van der Waals surface area contributed by atoms with Gasteiger partial charge >= 0.3 is 0 Å². The van der Waals surface area contributed by atoms with Gasteiger partial charge in [-0.05, 0) is 43.2 Å². The van der Waals surface area contributed by atoms with Crippen molar-refractivity contribution in [2.75, 3.05) is 6.61 Å². The molecule has 0 aliphatic carbocycles. The van der Waals surface area contributed by atoms with Crippen molar-refractivity contribution in [3.05, 3.63) is 64.2 Å². The van der Waals surface area contributed by atoms with Crippen LogP contribution in [0, 0.1) is 5.92 Å². The van der Waals surface area contributed by atoms with Crippen molar-refractivity contribution in [3.63, 3.8) is 0 Å². The number of nitrogens with zero attached hydrogens (tertiary/aromatic N) is 3. The fourth-order valence-corrected chi connectivity index (χ4v) is 4.55. The summed E-state index contributed by atoms with van der Waals surface area (Å²) in [7, 11) is 0. The van der Waals surface area contributed by atoms with Gasteiger partial charge in [0.25, 0.3) is 0 Å². The van der Waals surface area contributed by atoms with Crippen molar-refractivity contribution >= 4 is 39.9 Å². The Morgan fingerprint density at radius 1 is 1.34 bits per heavy atom. The molecule has 0 saturated carbocycles. The zero-order chi connectivity index (χ0) is 22.4. The average Bonchev–Trinajstić information content (AvgIpc) is 3.35. The van der Waals surface area contributed by atoms with Crippen LogP contribution in [-0.4, -0.2) is 43.3 Å². The third kappa shape index (κ3) is 3.77. The quantitative estimate of drug-likeness (QED) is 0.417. The Hall–Kier alpha value is -2.87. The molecule has 0 amide bonds. The van der Waals surface area contributed by atoms with Gasteiger partial charge in [-0.25, -0.2) is 0 Å². The number of aliphatic hydroxyl groups excluding tert-OH is 1. The van der Waals surface area contributed by atoms with E-state index in [0.717, 1.165) is 22.2 Å². The molecular formula is C23H20Cl2N4O3. The molecule has 3 aromatic heterocycles. The van der Waals surface area contributed by atoms with Gasteiger partial charge in [0.15, 0.2) is 5.78 Å². The van der Waals surface area contributed by atoms with Gasteiger partial charge in [0, 0.05) is 34.9 Å². The molecule has 2 atom stereocenters. The van der Waals surface area contributed by atoms with Crippen LogP contribution < -0.4 is 4.74 Å². The summed E-state index contributed by atoms with van der Waals surface area (Å²) >= 11 is 12.3. The maximum atomic E-state index is 13.5. The normalized spacial score (nSPS) is 16.6. The number of benzene rings is 1. The topological polar surface area (TPSA) is 93.0 Å². The number of aromatic amines is 1. The van der Waals surface area contributed by atoms with Gasteiger partial charge in [0.05, 0.1) is 41.6 Å². The molecule has 0 saturated heterocycles. The number of H-pyrrole nitrogens is 1. The predicted octanol–water partition coefficient (Wildman–Crippen LogP) is 4.55. The maximum absolute atomic E-state index is 13.5. The molecule has 2 N–H and O–H groups in total. The monoisotopic (exact) mass is 470 g/mol. The highest BCUT2D eigenvalue weighted by molar-refractivity contribution is 6.32. The molecule has 1 aliphatic heterocycles. The smallest absolute Gasteiger partial charge is 0.171 e. The molecule has 4 heterocycles. The summed E-state index contributed by atoms with van der Waals surface area (Å²) in [6.07, 6.45) is 5.03. The largest absolute Gasteiger partial charge is 0.493 e. The minimum atomic E-state index is -0.588. The van der Waals surface area contributed by atoms with Crippen molar-refractivity contribution in [1.82, 2.24) is 19.7 Å². The van der Waals surface area contributed by atoms with E-state index in [1.165, 1.54) is 0 Å². The number of hydrogen-bond acceptors (Lipinski definition) is 5. The lowest BCUT2D eigenvalue weighted by Crippen LogP contribution is -2.28. The van der Waals surface area contributed by atoms with Crippen molar-refractivity contribution < 1.29 is 14.6 Å². The van der Waals surface area contributed by atoms with E-state index in [-0.39, 0.29) is 11.7 Å². The van der Waals surface area contributed by atoms with Crippen LogP contribution in [0.5, 0.6) is 5.75 Å². The summed E-state index contributed by atoms with van der Waals surface area (Å²) in [4.78, 5) is 18.0. The summed E-state index contributed by atoms with van der Waals surface area (Å²) in [6, 6.07) is 7.31. The Balaban J connectivity index is 1.55. The number of halogens is 2. The van der Waals surface area contributed by atoms with Crippen LogP contribution in [0.1, 0.15) is 22.8 Å². The average molecular weight is 471 g/mol. The summed E-state index contributed by atoms with van der Waals surface area (Å²) in [6.45, 7) is 2.34. The number of aliphatic hydroxyl groups is 1. The van der Waals surface area contributed by atoms with Gasteiger partial charge in [0.2, 0.25) is 0 Å². The molecule has 32 heavy (non-hydrogen) atoms. The zero-order valence-electron chi connectivity index (χ0n) is 17.2. The van der Waals surface area contributed by atoms with Crippen LogP contribution in [0.2, 0.25) is 10.2 Å². The summed E-state index contributed by atoms with van der Waals surface area (Å²) in [5.41, 5.74) is 3.56. The highest BCUT2D eigenvalue weighted by Gasteiger charge is 2.29. The predicted molar refractivity (Wildman–Crippen MR) is 122 cm³/mol. The molecule has 7 nitrogen and oxygen atoms in total. The van der Waals surface area contributed by atoms with E-state index in [1.54, 1.807) is 31.6 Å². The molecule has 0 radical (unpaired) electrons. The van der Waals surface area contributed by atoms with E-state index in [0.29, 0.717) is 46.6 Å². The number of nitrogens with one attached hydrogen (secondary N) is 1. The molecule has 0 spiro atoms. The second-order valence-electron chi connectivity index (χ2n) is 8.06. The Labute approximate surface area is 193 Å². The SMILES string of the molecule is C[C@H](O)Cn1cc(C(=O)C2COc3ccc(Cl)cc3C2)c2cnc(-c3cn[nH]c3Cl)cc21. The first-order valence-electron chi connectivity index (χ1n) is 10.2. The van der Waals surface area contributed by atoms with E-state index >= 15 is 0 Å². The lowest BCUT2D eigenvalue weighted by molar-refractivity contribution is 0.0856. The Morgan fingerprint density at radius 2 is 2.19 bits per heavy atom. The fourth-order valence-electron chi connectivity index (χ4n) is 4.16. The Morgan fingerprint density at radius 3 is 2.94 bits per heavy atom. The molecule has 9 heteroatoms. The minimum absolute atomic E-state index is 0.0270. The molecular weight excluding hydrogens is 451 g/mol. The van der Waals surface area contributed by atoms with Crippen LogP contribution in [-0.2, 0) is 13.0 Å². The summed E-state index contributed by atoms with van der Waals surface area (Å²) in [5.74, 6) is 0.397. The van der Waals surface area contributed by atoms with Gasteiger partial charge in [-0.2, -0.15) is 5.10 Å². The third-order valence-corrected chi connectivity index (χ3v) is 6.18. The van der Waals surface area contributed by atoms with Gasteiger partial charge in [-0.15, -0.1) is 0 Å². The van der Waals surface area contributed by atoms with E-state index in [9.17, 15) is 9.90 Å². The number of carbonyl (C=O) groups excluding carboxylic acids is 1. The van der Waals surface area contributed by atoms with Gasteiger partial charge in [-0.3, -0.25) is 14.9 Å². The molecule has 164 valence electrons. The van der Waals surface area contributed by atoms with Gasteiger partial charge in [-0.1, -0.05) is 23.2 Å². The van der Waals surface area contributed by atoms with Crippen molar-refractivity contribution in [3.8, 4) is 17.0 Å². The molecule has 1 aromatic carbocycles. The number of hydrogen-bond donors (Lipinski definition) is 2. The van der Waals surface area contributed by atoms with Crippen molar-refractivity contribution in [2.45, 2.75) is 26.0 Å². The number of ketones is 1. The number of ether oxygens (including phenoxy) is 1. The third-order valence-electron chi connectivity index (χ3n) is 5.66. The number of carbonyl (C=O) groups is 1. The van der Waals surface area contributed by atoms with E-state index < -0.39 is 6.10 Å². The first kappa shape index (κ1) is 21.0. The lowest BCUT2D eigenvalue weighted by atomic mass is 9.90. The number of pyridine rings is 1. The number of aromatic nitrogens is 4. The molecule has 1 unspecified atom stereocenters. The molecule has 5 rings (SSSR count). The van der Waals surface area contributed by atoms with Crippen LogP contribution in [0.3, 0.4) is 0 Å². The molecule has 0 bridgehead atoms. The fraction of sp³-hybridized carbons (Fsp3) is 0.261. The van der Waals surface area contributed by atoms with Crippen LogP contribution in [0.15, 0.2) is 42.9 Å². The molecule has 1 aliphatic rings. The number of Topliss-reactive ketones (excluding diaryl/α,β-unsaturated/α-hetero) is 1. The van der Waals surface area contributed by atoms with Crippen LogP contribution >= 0.6 is 23.2 Å². The zero-order valence-corrected chi connectivity index (χ0v) is 18.7. The van der Waals surface area contributed by atoms with E-state index in [4.69, 9.17) is 27.9 Å². The lowest BCUT2D eigenvalue weighted by Gasteiger charge is -2.24. The maximum Gasteiger partial charge on any atom is 0.171 e. The van der Waals surface area contributed by atoms with Gasteiger partial charge < -0.3 is 14.4 Å². The molecule has 4 aromatic rings. The number of rotatable bonds is 5. The van der Waals surface area contributed by atoms with Crippen LogP contribution in [0.25, 0.3) is 22.2 Å². The standard InChI is InChI=1S/C23H20Cl2N4O3/c1-12(30)9-29-10-18(16-7-26-19(6-20(16)29)17-8-27-28-23(17)25)22(31)14-4-13-5-15(24)2-3-21(13)32-11-14/h2-3,5-8,10,12,14,30H,4,9,11H2,1H3,(H,27,28)/t12-,14?/m0/s1. The second-order valence-corrected chi connectivity index (χ2v) is 8.87. The minimum Gasteiger partial charge on any atom is -0.493 e.